The van der Waals surface area contributed by atoms with E-state index in [1.807, 2.05) is 0 Å². The predicted molar refractivity (Wildman–Crippen MR) is 49.8 cm³/mol. The van der Waals surface area contributed by atoms with Gasteiger partial charge in [-0.25, -0.2) is 8.42 Å². The van der Waals surface area contributed by atoms with E-state index in [2.05, 4.69) is 10.2 Å². The topological polar surface area (TPSA) is 95.0 Å². The average molecular weight is 257 g/mol. The second-order valence-corrected chi connectivity index (χ2v) is 5.25. The van der Waals surface area contributed by atoms with Crippen molar-refractivity contribution in [3.05, 3.63) is 5.01 Å². The normalized spacial score (nSPS) is 16.6. The van der Waals surface area contributed by atoms with Crippen LogP contribution in [0.1, 0.15) is 30.2 Å². The molecule has 0 spiro atoms. The van der Waals surface area contributed by atoms with E-state index in [1.54, 1.807) is 4.72 Å². The molecule has 78 valence electrons. The summed E-state index contributed by atoms with van der Waals surface area (Å²) >= 11 is 1.13. The SMILES string of the molecule is O=S(=O)([O-])Nc1nnc(C2CCC2)s1.[Na+]. The number of hydrogen-bond acceptors (Lipinski definition) is 6. The number of anilines is 1. The van der Waals surface area contributed by atoms with Crippen molar-refractivity contribution in [3.8, 4) is 0 Å². The van der Waals surface area contributed by atoms with Gasteiger partial charge in [-0.2, -0.15) is 0 Å². The van der Waals surface area contributed by atoms with Crippen LogP contribution in [0.2, 0.25) is 0 Å². The first-order valence-electron chi connectivity index (χ1n) is 4.11. The third kappa shape index (κ3) is 3.65. The molecule has 0 aromatic carbocycles. The van der Waals surface area contributed by atoms with Crippen molar-refractivity contribution in [3.63, 3.8) is 0 Å². The van der Waals surface area contributed by atoms with Gasteiger partial charge in [0.15, 0.2) is 10.3 Å². The Hall–Kier alpha value is 0.270. The van der Waals surface area contributed by atoms with Crippen molar-refractivity contribution in [1.29, 1.82) is 0 Å². The van der Waals surface area contributed by atoms with Crippen LogP contribution in [0.5, 0.6) is 0 Å². The van der Waals surface area contributed by atoms with Gasteiger partial charge in [-0.3, -0.25) is 4.72 Å². The molecule has 1 aliphatic carbocycles. The molecule has 1 N–H and O–H groups in total. The van der Waals surface area contributed by atoms with Gasteiger partial charge in [0.1, 0.15) is 5.01 Å². The fourth-order valence-corrected chi connectivity index (χ4v) is 2.69. The molecule has 1 heterocycles. The van der Waals surface area contributed by atoms with Gasteiger partial charge in [-0.15, -0.1) is 10.2 Å². The third-order valence-electron chi connectivity index (χ3n) is 2.11. The van der Waals surface area contributed by atoms with E-state index >= 15 is 0 Å². The Bertz CT molecular complexity index is 429. The zero-order valence-electron chi connectivity index (χ0n) is 8.13. The van der Waals surface area contributed by atoms with E-state index in [0.29, 0.717) is 5.92 Å². The molecule has 1 aromatic rings. The summed E-state index contributed by atoms with van der Waals surface area (Å²) < 4.78 is 32.8. The van der Waals surface area contributed by atoms with Crippen molar-refractivity contribution < 1.29 is 42.5 Å². The zero-order valence-corrected chi connectivity index (χ0v) is 11.8. The fourth-order valence-electron chi connectivity index (χ4n) is 1.20. The van der Waals surface area contributed by atoms with Gasteiger partial charge >= 0.3 is 29.6 Å². The van der Waals surface area contributed by atoms with Gasteiger partial charge in [-0.1, -0.05) is 17.8 Å². The Labute approximate surface area is 114 Å². The minimum atomic E-state index is -4.47. The number of hydrogen-bond donors (Lipinski definition) is 1. The molecule has 0 bridgehead atoms. The Kier molecular flexibility index (Phi) is 4.50. The monoisotopic (exact) mass is 257 g/mol. The molecule has 15 heavy (non-hydrogen) atoms. The zero-order chi connectivity index (χ0) is 10.2. The Balaban J connectivity index is 0.00000112. The Morgan fingerprint density at radius 1 is 1.40 bits per heavy atom. The minimum absolute atomic E-state index is 0. The molecule has 0 saturated heterocycles. The van der Waals surface area contributed by atoms with Gasteiger partial charge in [0, 0.05) is 5.92 Å². The summed E-state index contributed by atoms with van der Waals surface area (Å²) in [4.78, 5) is 0. The van der Waals surface area contributed by atoms with Gasteiger partial charge in [0.25, 0.3) is 0 Å². The van der Waals surface area contributed by atoms with E-state index in [0.717, 1.165) is 29.2 Å². The smallest absolute Gasteiger partial charge is 0.731 e. The van der Waals surface area contributed by atoms with Crippen molar-refractivity contribution in [2.24, 2.45) is 0 Å². The van der Waals surface area contributed by atoms with Gasteiger partial charge in [0.2, 0.25) is 5.13 Å². The number of nitrogens with one attached hydrogen (secondary N) is 1. The molecule has 1 aliphatic rings. The molecule has 1 fully saturated rings. The first kappa shape index (κ1) is 13.3. The first-order chi connectivity index (χ1) is 6.54. The minimum Gasteiger partial charge on any atom is -0.731 e. The van der Waals surface area contributed by atoms with Crippen LogP contribution in [0.4, 0.5) is 5.13 Å². The molecule has 0 atom stereocenters. The van der Waals surface area contributed by atoms with Crippen LogP contribution in [0, 0.1) is 0 Å². The van der Waals surface area contributed by atoms with E-state index in [1.165, 1.54) is 6.42 Å². The van der Waals surface area contributed by atoms with Crippen molar-refractivity contribution in [1.82, 2.24) is 10.2 Å². The number of rotatable bonds is 3. The molecule has 6 nitrogen and oxygen atoms in total. The van der Waals surface area contributed by atoms with E-state index in [-0.39, 0.29) is 34.7 Å². The maximum Gasteiger partial charge on any atom is 1.00 e. The summed E-state index contributed by atoms with van der Waals surface area (Å²) in [6.45, 7) is 0. The van der Waals surface area contributed by atoms with Gasteiger partial charge < -0.3 is 4.55 Å². The van der Waals surface area contributed by atoms with Crippen LogP contribution < -0.4 is 34.3 Å². The van der Waals surface area contributed by atoms with Crippen LogP contribution in [0.25, 0.3) is 0 Å². The largest absolute Gasteiger partial charge is 1.00 e. The van der Waals surface area contributed by atoms with Crippen molar-refractivity contribution in [2.45, 2.75) is 25.2 Å². The maximum absolute atomic E-state index is 10.3. The molecule has 9 heteroatoms. The van der Waals surface area contributed by atoms with E-state index in [9.17, 15) is 13.0 Å². The molecular weight excluding hydrogens is 249 g/mol. The summed E-state index contributed by atoms with van der Waals surface area (Å²) in [7, 11) is -4.47. The third-order valence-corrected chi connectivity index (χ3v) is 3.68. The van der Waals surface area contributed by atoms with Gasteiger partial charge in [0.05, 0.1) is 0 Å². The van der Waals surface area contributed by atoms with Crippen molar-refractivity contribution in [2.75, 3.05) is 4.72 Å². The Morgan fingerprint density at radius 2 is 2.07 bits per heavy atom. The number of nitrogens with zero attached hydrogens (tertiary/aromatic N) is 2. The van der Waals surface area contributed by atoms with Gasteiger partial charge in [-0.05, 0) is 12.8 Å². The van der Waals surface area contributed by atoms with Crippen LogP contribution in [0.15, 0.2) is 0 Å². The molecule has 2 rings (SSSR count). The van der Waals surface area contributed by atoms with Crippen LogP contribution in [-0.2, 0) is 10.3 Å². The first-order valence-corrected chi connectivity index (χ1v) is 6.34. The molecule has 0 unspecified atom stereocenters. The predicted octanol–water partition coefficient (Wildman–Crippen LogP) is -2.32. The van der Waals surface area contributed by atoms with Crippen molar-refractivity contribution >= 4 is 26.8 Å². The molecule has 0 radical (unpaired) electrons. The fraction of sp³-hybridized carbons (Fsp3) is 0.667. The van der Waals surface area contributed by atoms with Crippen LogP contribution >= 0.6 is 11.3 Å². The molecule has 1 saturated carbocycles. The number of aromatic nitrogens is 2. The summed E-state index contributed by atoms with van der Waals surface area (Å²) in [6.07, 6.45) is 3.31. The summed E-state index contributed by atoms with van der Waals surface area (Å²) in [5.41, 5.74) is 0. The maximum atomic E-state index is 10.3. The summed E-state index contributed by atoms with van der Waals surface area (Å²) in [5, 5.41) is 8.27. The Morgan fingerprint density at radius 3 is 2.53 bits per heavy atom. The average Bonchev–Trinajstić information content (AvgIpc) is 2.28. The van der Waals surface area contributed by atoms with E-state index < -0.39 is 10.3 Å². The van der Waals surface area contributed by atoms with Crippen LogP contribution in [-0.4, -0.2) is 23.2 Å². The summed E-state index contributed by atoms with van der Waals surface area (Å²) in [5.74, 6) is 0.400. The molecule has 1 aromatic heterocycles. The van der Waals surface area contributed by atoms with Crippen LogP contribution in [0.3, 0.4) is 0 Å². The standard InChI is InChI=1S/C6H9N3O3S2.Na/c10-14(11,12)9-6-8-7-5(13-6)4-2-1-3-4;/h4H,1-3H2,(H,8,9)(H,10,11,12);/q;+1/p-1. The summed E-state index contributed by atoms with van der Waals surface area (Å²) in [6, 6.07) is 0. The quantitative estimate of drug-likeness (QED) is 0.484. The molecule has 0 aliphatic heterocycles. The van der Waals surface area contributed by atoms with E-state index in [4.69, 9.17) is 0 Å². The second kappa shape index (κ2) is 5.07. The molecule has 0 amide bonds. The second-order valence-electron chi connectivity index (χ2n) is 3.13. The molecular formula is C6H8N3NaO3S2.